The zero-order valence-corrected chi connectivity index (χ0v) is 15.1. The van der Waals surface area contributed by atoms with Crippen molar-refractivity contribution in [3.63, 3.8) is 0 Å². The number of pyridine rings is 1. The Kier molecular flexibility index (Phi) is 4.22. The molecule has 0 amide bonds. The Bertz CT molecular complexity index is 896. The van der Waals surface area contributed by atoms with Crippen LogP contribution in [0.15, 0.2) is 42.6 Å². The number of nitrogens with zero attached hydrogens (tertiary/aromatic N) is 3. The lowest BCUT2D eigenvalue weighted by Gasteiger charge is -2.33. The molecule has 0 radical (unpaired) electrons. The van der Waals surface area contributed by atoms with Gasteiger partial charge in [0.15, 0.2) is 0 Å². The SMILES string of the molecule is Cc1cccn2c(CN3CCCCC3C)c(-c3cccc(N)c3)nc12. The van der Waals surface area contributed by atoms with Gasteiger partial charge in [-0.25, -0.2) is 4.98 Å². The van der Waals surface area contributed by atoms with E-state index in [-0.39, 0.29) is 0 Å². The maximum atomic E-state index is 6.03. The zero-order valence-electron chi connectivity index (χ0n) is 15.1. The van der Waals surface area contributed by atoms with E-state index in [0.29, 0.717) is 6.04 Å². The van der Waals surface area contributed by atoms with Gasteiger partial charge in [0.25, 0.3) is 0 Å². The van der Waals surface area contributed by atoms with Crippen LogP contribution in [0, 0.1) is 6.92 Å². The minimum absolute atomic E-state index is 0.623. The molecule has 1 aromatic carbocycles. The fraction of sp³-hybridized carbons (Fsp3) is 0.381. The molecule has 1 saturated heterocycles. The quantitative estimate of drug-likeness (QED) is 0.728. The van der Waals surface area contributed by atoms with E-state index in [0.717, 1.165) is 35.7 Å². The molecule has 4 heteroatoms. The first kappa shape index (κ1) is 16.2. The molecule has 1 aliphatic rings. The number of hydrogen-bond donors (Lipinski definition) is 1. The molecule has 1 atom stereocenters. The van der Waals surface area contributed by atoms with Crippen molar-refractivity contribution in [1.29, 1.82) is 0 Å². The van der Waals surface area contributed by atoms with Crippen molar-refractivity contribution in [2.75, 3.05) is 12.3 Å². The lowest BCUT2D eigenvalue weighted by molar-refractivity contribution is 0.151. The molecular formula is C21H26N4. The van der Waals surface area contributed by atoms with Gasteiger partial charge in [0.05, 0.1) is 11.4 Å². The summed E-state index contributed by atoms with van der Waals surface area (Å²) in [5.74, 6) is 0. The van der Waals surface area contributed by atoms with Gasteiger partial charge in [0.2, 0.25) is 0 Å². The number of aromatic nitrogens is 2. The van der Waals surface area contributed by atoms with Crippen molar-refractivity contribution in [3.8, 4) is 11.3 Å². The third-order valence-corrected chi connectivity index (χ3v) is 5.40. The number of benzene rings is 1. The summed E-state index contributed by atoms with van der Waals surface area (Å²) in [7, 11) is 0. The zero-order chi connectivity index (χ0) is 17.4. The Morgan fingerprint density at radius 3 is 2.88 bits per heavy atom. The van der Waals surface area contributed by atoms with Crippen LogP contribution in [0.1, 0.15) is 37.4 Å². The summed E-state index contributed by atoms with van der Waals surface area (Å²) in [5.41, 5.74) is 12.5. The number of anilines is 1. The summed E-state index contributed by atoms with van der Waals surface area (Å²) in [6, 6.07) is 12.9. The number of hydrogen-bond acceptors (Lipinski definition) is 3. The molecule has 25 heavy (non-hydrogen) atoms. The second kappa shape index (κ2) is 6.52. The maximum Gasteiger partial charge on any atom is 0.140 e. The van der Waals surface area contributed by atoms with Crippen LogP contribution in [0.4, 0.5) is 5.69 Å². The van der Waals surface area contributed by atoms with Gasteiger partial charge in [-0.05, 0) is 57.0 Å². The van der Waals surface area contributed by atoms with Gasteiger partial charge in [-0.1, -0.05) is 24.6 Å². The van der Waals surface area contributed by atoms with E-state index in [4.69, 9.17) is 10.7 Å². The van der Waals surface area contributed by atoms with Crippen molar-refractivity contribution in [1.82, 2.24) is 14.3 Å². The molecule has 1 aliphatic heterocycles. The smallest absolute Gasteiger partial charge is 0.140 e. The van der Waals surface area contributed by atoms with E-state index in [1.54, 1.807) is 0 Å². The summed E-state index contributed by atoms with van der Waals surface area (Å²) < 4.78 is 2.26. The highest BCUT2D eigenvalue weighted by atomic mass is 15.2. The Morgan fingerprint density at radius 1 is 1.20 bits per heavy atom. The second-order valence-corrected chi connectivity index (χ2v) is 7.23. The van der Waals surface area contributed by atoms with Crippen LogP contribution < -0.4 is 5.73 Å². The van der Waals surface area contributed by atoms with E-state index >= 15 is 0 Å². The Morgan fingerprint density at radius 2 is 2.08 bits per heavy atom. The highest BCUT2D eigenvalue weighted by Crippen LogP contribution is 2.29. The number of nitrogen functional groups attached to an aromatic ring is 1. The molecule has 1 fully saturated rings. The monoisotopic (exact) mass is 334 g/mol. The molecule has 0 saturated carbocycles. The van der Waals surface area contributed by atoms with Crippen molar-refractivity contribution >= 4 is 11.3 Å². The number of imidazole rings is 1. The first-order valence-corrected chi connectivity index (χ1v) is 9.20. The molecule has 3 aromatic rings. The summed E-state index contributed by atoms with van der Waals surface area (Å²) in [6.45, 7) is 6.55. The molecule has 130 valence electrons. The van der Waals surface area contributed by atoms with Crippen LogP contribution >= 0.6 is 0 Å². The maximum absolute atomic E-state index is 6.03. The van der Waals surface area contributed by atoms with Gasteiger partial charge in [0.1, 0.15) is 5.65 Å². The number of piperidine rings is 1. The number of aryl methyl sites for hydroxylation is 1. The standard InChI is InChI=1S/C21H26N4/c1-15-7-6-12-25-19(14-24-11-4-3-8-16(24)2)20(23-21(15)25)17-9-5-10-18(22)13-17/h5-7,9-10,12-13,16H,3-4,8,11,14,22H2,1-2H3. The highest BCUT2D eigenvalue weighted by molar-refractivity contribution is 5.70. The molecule has 0 spiro atoms. The number of likely N-dealkylation sites (tertiary alicyclic amines) is 1. The highest BCUT2D eigenvalue weighted by Gasteiger charge is 2.23. The van der Waals surface area contributed by atoms with Gasteiger partial charge < -0.3 is 10.1 Å². The van der Waals surface area contributed by atoms with E-state index < -0.39 is 0 Å². The first-order valence-electron chi connectivity index (χ1n) is 9.20. The molecular weight excluding hydrogens is 308 g/mol. The van der Waals surface area contributed by atoms with Crippen molar-refractivity contribution < 1.29 is 0 Å². The van der Waals surface area contributed by atoms with E-state index in [9.17, 15) is 0 Å². The Labute approximate surface area is 149 Å². The first-order chi connectivity index (χ1) is 12.1. The lowest BCUT2D eigenvalue weighted by Crippen LogP contribution is -2.37. The van der Waals surface area contributed by atoms with Crippen LogP contribution in [0.3, 0.4) is 0 Å². The van der Waals surface area contributed by atoms with Crippen LogP contribution in [0.25, 0.3) is 16.9 Å². The fourth-order valence-corrected chi connectivity index (χ4v) is 3.91. The molecule has 2 N–H and O–H groups in total. The van der Waals surface area contributed by atoms with Crippen LogP contribution in [0.2, 0.25) is 0 Å². The van der Waals surface area contributed by atoms with Gasteiger partial charge in [-0.15, -0.1) is 0 Å². The van der Waals surface area contributed by atoms with Crippen LogP contribution in [-0.4, -0.2) is 26.9 Å². The molecule has 3 heterocycles. The largest absolute Gasteiger partial charge is 0.399 e. The second-order valence-electron chi connectivity index (χ2n) is 7.23. The van der Waals surface area contributed by atoms with Gasteiger partial charge in [0, 0.05) is 30.0 Å². The Balaban J connectivity index is 1.85. The topological polar surface area (TPSA) is 46.6 Å². The van der Waals surface area contributed by atoms with Crippen molar-refractivity contribution in [3.05, 3.63) is 53.9 Å². The number of rotatable bonds is 3. The normalized spacial score (nSPS) is 18.7. The summed E-state index contributed by atoms with van der Waals surface area (Å²) >= 11 is 0. The molecule has 0 aliphatic carbocycles. The van der Waals surface area contributed by atoms with Crippen LogP contribution in [0.5, 0.6) is 0 Å². The van der Waals surface area contributed by atoms with Crippen LogP contribution in [-0.2, 0) is 6.54 Å². The lowest BCUT2D eigenvalue weighted by atomic mass is 10.0. The number of fused-ring (bicyclic) bond motifs is 1. The average Bonchev–Trinajstić information content (AvgIpc) is 2.97. The fourth-order valence-electron chi connectivity index (χ4n) is 3.91. The number of nitrogens with two attached hydrogens (primary N) is 1. The predicted octanol–water partition coefficient (Wildman–Crippen LogP) is 4.27. The van der Waals surface area contributed by atoms with Gasteiger partial charge in [-0.2, -0.15) is 0 Å². The summed E-state index contributed by atoms with van der Waals surface area (Å²) in [4.78, 5) is 7.58. The molecule has 0 bridgehead atoms. The average molecular weight is 334 g/mol. The molecule has 4 nitrogen and oxygen atoms in total. The molecule has 4 rings (SSSR count). The summed E-state index contributed by atoms with van der Waals surface area (Å²) in [5, 5.41) is 0. The van der Waals surface area contributed by atoms with Crippen molar-refractivity contribution in [2.24, 2.45) is 0 Å². The Hall–Kier alpha value is -2.33. The van der Waals surface area contributed by atoms with E-state index in [2.05, 4.69) is 47.5 Å². The summed E-state index contributed by atoms with van der Waals surface area (Å²) in [6.07, 6.45) is 6.04. The predicted molar refractivity (Wildman–Crippen MR) is 104 cm³/mol. The van der Waals surface area contributed by atoms with Gasteiger partial charge in [-0.3, -0.25) is 4.90 Å². The third kappa shape index (κ3) is 3.02. The minimum atomic E-state index is 0.623. The van der Waals surface area contributed by atoms with Crippen molar-refractivity contribution in [2.45, 2.75) is 45.7 Å². The van der Waals surface area contributed by atoms with E-state index in [1.165, 1.54) is 30.5 Å². The minimum Gasteiger partial charge on any atom is -0.399 e. The van der Waals surface area contributed by atoms with Gasteiger partial charge >= 0.3 is 0 Å². The molecule has 1 unspecified atom stereocenters. The molecule has 2 aromatic heterocycles. The van der Waals surface area contributed by atoms with E-state index in [1.807, 2.05) is 18.2 Å². The third-order valence-electron chi connectivity index (χ3n) is 5.40.